The second kappa shape index (κ2) is 5.56. The second-order valence-corrected chi connectivity index (χ2v) is 6.33. The Morgan fingerprint density at radius 1 is 0.750 bits per heavy atom. The van der Waals surface area contributed by atoms with Crippen LogP contribution in [0.25, 0.3) is 0 Å². The summed E-state index contributed by atoms with van der Waals surface area (Å²) in [4.78, 5) is 24.1. The molecule has 112 valence electrons. The fourth-order valence-electron chi connectivity index (χ4n) is 1.32. The molecule has 0 spiro atoms. The standard InChI is InChI=1S/C14H22N2O4/c1-13(2,3)19-11(17)15-9-7-8-10-16(15)12(18)20-14(4,5)6/h7-10H,1-6H3. The molecule has 6 heteroatoms. The third-order valence-electron chi connectivity index (χ3n) is 1.96. The highest BCUT2D eigenvalue weighted by molar-refractivity contribution is 5.76. The van der Waals surface area contributed by atoms with Gasteiger partial charge in [0.05, 0.1) is 0 Å². The molecule has 20 heavy (non-hydrogen) atoms. The lowest BCUT2D eigenvalue weighted by atomic mass is 10.2. The lowest BCUT2D eigenvalue weighted by Crippen LogP contribution is -2.48. The number of hydrogen-bond donors (Lipinski definition) is 0. The molecule has 0 aromatic carbocycles. The molecule has 0 unspecified atom stereocenters. The minimum atomic E-state index is -0.649. The number of ether oxygens (including phenoxy) is 2. The monoisotopic (exact) mass is 282 g/mol. The summed E-state index contributed by atoms with van der Waals surface area (Å²) in [6, 6.07) is 0. The summed E-state index contributed by atoms with van der Waals surface area (Å²) in [5, 5.41) is 2.14. The van der Waals surface area contributed by atoms with Gasteiger partial charge in [-0.25, -0.2) is 9.59 Å². The van der Waals surface area contributed by atoms with Crippen molar-refractivity contribution in [2.45, 2.75) is 52.7 Å². The van der Waals surface area contributed by atoms with Gasteiger partial charge in [0.15, 0.2) is 0 Å². The van der Waals surface area contributed by atoms with Crippen LogP contribution in [0.3, 0.4) is 0 Å². The Kier molecular flexibility index (Phi) is 4.47. The molecule has 0 fully saturated rings. The first-order chi connectivity index (χ1) is 8.99. The number of carbonyl (C=O) groups is 2. The smallest absolute Gasteiger partial charge is 0.434 e. The van der Waals surface area contributed by atoms with Crippen LogP contribution in [-0.2, 0) is 9.47 Å². The van der Waals surface area contributed by atoms with E-state index in [1.54, 1.807) is 53.7 Å². The minimum absolute atomic E-state index is 0.647. The Morgan fingerprint density at radius 2 is 1.05 bits per heavy atom. The van der Waals surface area contributed by atoms with Crippen molar-refractivity contribution in [1.29, 1.82) is 0 Å². The van der Waals surface area contributed by atoms with Gasteiger partial charge in [-0.05, 0) is 53.7 Å². The maximum absolute atomic E-state index is 12.1. The molecule has 0 saturated carbocycles. The molecule has 0 N–H and O–H groups in total. The van der Waals surface area contributed by atoms with E-state index in [1.165, 1.54) is 12.4 Å². The molecule has 0 atom stereocenters. The lowest BCUT2D eigenvalue weighted by Gasteiger charge is -2.33. The maximum atomic E-state index is 12.1. The Bertz CT molecular complexity index is 399. The number of allylic oxidation sites excluding steroid dienone is 2. The van der Waals surface area contributed by atoms with Gasteiger partial charge >= 0.3 is 12.2 Å². The normalized spacial score (nSPS) is 15.3. The molecule has 2 amide bonds. The molecular formula is C14H22N2O4. The van der Waals surface area contributed by atoms with Gasteiger partial charge in [0.25, 0.3) is 0 Å². The van der Waals surface area contributed by atoms with Gasteiger partial charge in [0, 0.05) is 12.4 Å². The van der Waals surface area contributed by atoms with E-state index in [2.05, 4.69) is 0 Å². The molecule has 6 nitrogen and oxygen atoms in total. The highest BCUT2D eigenvalue weighted by Gasteiger charge is 2.31. The van der Waals surface area contributed by atoms with Crippen molar-refractivity contribution < 1.29 is 19.1 Å². The zero-order valence-electron chi connectivity index (χ0n) is 12.8. The van der Waals surface area contributed by atoms with E-state index < -0.39 is 23.4 Å². The Morgan fingerprint density at radius 3 is 1.30 bits per heavy atom. The average molecular weight is 282 g/mol. The van der Waals surface area contributed by atoms with Crippen molar-refractivity contribution in [3.8, 4) is 0 Å². The number of hydrazine groups is 1. The average Bonchev–Trinajstić information content (AvgIpc) is 2.24. The predicted octanol–water partition coefficient (Wildman–Crippen LogP) is 3.42. The molecular weight excluding hydrogens is 260 g/mol. The fourth-order valence-corrected chi connectivity index (χ4v) is 1.32. The van der Waals surface area contributed by atoms with Crippen molar-refractivity contribution in [2.75, 3.05) is 0 Å². The first kappa shape index (κ1) is 16.1. The number of hydrogen-bond acceptors (Lipinski definition) is 4. The summed E-state index contributed by atoms with van der Waals surface area (Å²) in [7, 11) is 0. The van der Waals surface area contributed by atoms with Crippen molar-refractivity contribution in [2.24, 2.45) is 0 Å². The molecule has 0 saturated heterocycles. The van der Waals surface area contributed by atoms with Gasteiger partial charge in [0.1, 0.15) is 11.2 Å². The molecule has 0 bridgehead atoms. The topological polar surface area (TPSA) is 59.1 Å². The maximum Gasteiger partial charge on any atom is 0.434 e. The zero-order valence-corrected chi connectivity index (χ0v) is 12.8. The molecule has 1 aliphatic heterocycles. The van der Waals surface area contributed by atoms with E-state index in [9.17, 15) is 9.59 Å². The number of amides is 2. The molecule has 1 heterocycles. The lowest BCUT2D eigenvalue weighted by molar-refractivity contribution is -0.0285. The highest BCUT2D eigenvalue weighted by atomic mass is 16.6. The third kappa shape index (κ3) is 4.95. The summed E-state index contributed by atoms with van der Waals surface area (Å²) in [6.45, 7) is 10.5. The fraction of sp³-hybridized carbons (Fsp3) is 0.571. The quantitative estimate of drug-likeness (QED) is 0.683. The summed E-state index contributed by atoms with van der Waals surface area (Å²) >= 11 is 0. The van der Waals surface area contributed by atoms with Gasteiger partial charge < -0.3 is 9.47 Å². The van der Waals surface area contributed by atoms with Crippen LogP contribution < -0.4 is 0 Å². The van der Waals surface area contributed by atoms with Crippen molar-refractivity contribution in [3.05, 3.63) is 24.6 Å². The van der Waals surface area contributed by atoms with Gasteiger partial charge in [-0.15, -0.1) is 0 Å². The number of nitrogens with zero attached hydrogens (tertiary/aromatic N) is 2. The highest BCUT2D eigenvalue weighted by Crippen LogP contribution is 2.18. The summed E-state index contributed by atoms with van der Waals surface area (Å²) < 4.78 is 10.5. The largest absolute Gasteiger partial charge is 0.442 e. The van der Waals surface area contributed by atoms with Gasteiger partial charge in [0.2, 0.25) is 0 Å². The summed E-state index contributed by atoms with van der Waals surface area (Å²) in [5.41, 5.74) is -1.29. The van der Waals surface area contributed by atoms with Crippen LogP contribution in [0.2, 0.25) is 0 Å². The van der Waals surface area contributed by atoms with E-state index in [0.717, 1.165) is 10.0 Å². The molecule has 1 aliphatic rings. The van der Waals surface area contributed by atoms with Crippen LogP contribution in [0.1, 0.15) is 41.5 Å². The number of rotatable bonds is 0. The van der Waals surface area contributed by atoms with Crippen molar-refractivity contribution >= 4 is 12.2 Å². The van der Waals surface area contributed by atoms with E-state index in [-0.39, 0.29) is 0 Å². The Hall–Kier alpha value is -1.98. The Balaban J connectivity index is 2.83. The van der Waals surface area contributed by atoms with Crippen molar-refractivity contribution in [1.82, 2.24) is 10.0 Å². The summed E-state index contributed by atoms with van der Waals surface area (Å²) in [6.07, 6.45) is 4.85. The second-order valence-electron chi connectivity index (χ2n) is 6.33. The van der Waals surface area contributed by atoms with E-state index in [0.29, 0.717) is 0 Å². The predicted molar refractivity (Wildman–Crippen MR) is 74.4 cm³/mol. The van der Waals surface area contributed by atoms with Crippen molar-refractivity contribution in [3.63, 3.8) is 0 Å². The van der Waals surface area contributed by atoms with Crippen LogP contribution in [0, 0.1) is 0 Å². The third-order valence-corrected chi connectivity index (χ3v) is 1.96. The molecule has 1 rings (SSSR count). The van der Waals surface area contributed by atoms with Crippen LogP contribution in [-0.4, -0.2) is 33.4 Å². The SMILES string of the molecule is CC(C)(C)OC(=O)N1C=CC=CN1C(=O)OC(C)(C)C. The van der Waals surface area contributed by atoms with E-state index in [4.69, 9.17) is 9.47 Å². The van der Waals surface area contributed by atoms with E-state index >= 15 is 0 Å². The molecule has 0 radical (unpaired) electrons. The van der Waals surface area contributed by atoms with Gasteiger partial charge in [-0.1, -0.05) is 0 Å². The van der Waals surface area contributed by atoms with Crippen LogP contribution in [0.4, 0.5) is 9.59 Å². The molecule has 0 aromatic rings. The van der Waals surface area contributed by atoms with Crippen LogP contribution >= 0.6 is 0 Å². The van der Waals surface area contributed by atoms with Crippen LogP contribution in [0.15, 0.2) is 24.6 Å². The Labute approximate surface area is 119 Å². The molecule has 0 aliphatic carbocycles. The minimum Gasteiger partial charge on any atom is -0.442 e. The number of carbonyl (C=O) groups excluding carboxylic acids is 2. The van der Waals surface area contributed by atoms with Gasteiger partial charge in [-0.3, -0.25) is 0 Å². The first-order valence-corrected chi connectivity index (χ1v) is 6.39. The first-order valence-electron chi connectivity index (χ1n) is 6.39. The van der Waals surface area contributed by atoms with E-state index in [1.807, 2.05) is 0 Å². The van der Waals surface area contributed by atoms with Gasteiger partial charge in [-0.2, -0.15) is 10.0 Å². The van der Waals surface area contributed by atoms with Crippen LogP contribution in [0.5, 0.6) is 0 Å². The molecule has 0 aromatic heterocycles. The summed E-state index contributed by atoms with van der Waals surface area (Å²) in [5.74, 6) is 0. The zero-order chi connectivity index (χ0) is 15.6.